The second kappa shape index (κ2) is 4.21. The molecule has 3 rings (SSSR count). The van der Waals surface area contributed by atoms with Crippen molar-refractivity contribution in [1.82, 2.24) is 15.1 Å². The highest BCUT2D eigenvalue weighted by Gasteiger charge is 2.31. The minimum Gasteiger partial charge on any atom is -0.314 e. The van der Waals surface area contributed by atoms with Gasteiger partial charge in [0.05, 0.1) is 6.20 Å². The van der Waals surface area contributed by atoms with Gasteiger partial charge in [0.15, 0.2) is 0 Å². The van der Waals surface area contributed by atoms with Crippen LogP contribution in [-0.4, -0.2) is 22.4 Å². The van der Waals surface area contributed by atoms with Crippen molar-refractivity contribution in [3.63, 3.8) is 0 Å². The average molecular weight is 219 g/mol. The van der Waals surface area contributed by atoms with E-state index < -0.39 is 0 Å². The van der Waals surface area contributed by atoms with Crippen LogP contribution in [0.1, 0.15) is 43.6 Å². The first-order valence-corrected chi connectivity index (χ1v) is 6.55. The molecule has 2 unspecified atom stereocenters. The topological polar surface area (TPSA) is 29.9 Å². The smallest absolute Gasteiger partial charge is 0.0524 e. The van der Waals surface area contributed by atoms with Crippen LogP contribution in [0.2, 0.25) is 0 Å². The summed E-state index contributed by atoms with van der Waals surface area (Å²) in [5, 5.41) is 7.98. The third kappa shape index (κ3) is 2.14. The van der Waals surface area contributed by atoms with E-state index in [1.165, 1.54) is 44.2 Å². The molecule has 3 heteroatoms. The predicted octanol–water partition coefficient (Wildman–Crippen LogP) is 2.06. The summed E-state index contributed by atoms with van der Waals surface area (Å²) in [6, 6.07) is 0.843. The molecule has 0 spiro atoms. The Morgan fingerprint density at radius 2 is 2.25 bits per heavy atom. The fraction of sp³-hybridized carbons (Fsp3) is 0.769. The molecule has 0 amide bonds. The van der Waals surface area contributed by atoms with Gasteiger partial charge in [0.25, 0.3) is 0 Å². The third-order valence-electron chi connectivity index (χ3n) is 4.06. The van der Waals surface area contributed by atoms with Crippen LogP contribution in [0, 0.1) is 5.92 Å². The molecule has 1 N–H and O–H groups in total. The molecular formula is C13H21N3. The van der Waals surface area contributed by atoms with Crippen LogP contribution in [0.5, 0.6) is 0 Å². The minimum atomic E-state index is 0.750. The van der Waals surface area contributed by atoms with Crippen molar-refractivity contribution >= 4 is 0 Å². The number of aromatic nitrogens is 2. The molecule has 2 aliphatic carbocycles. The van der Waals surface area contributed by atoms with Crippen LogP contribution in [-0.2, 0) is 7.05 Å². The lowest BCUT2D eigenvalue weighted by molar-refractivity contribution is 0.442. The Morgan fingerprint density at radius 1 is 1.38 bits per heavy atom. The molecule has 0 aromatic carbocycles. The Hall–Kier alpha value is -0.830. The Kier molecular flexibility index (Phi) is 2.72. The summed E-state index contributed by atoms with van der Waals surface area (Å²) < 4.78 is 1.93. The third-order valence-corrected chi connectivity index (χ3v) is 4.06. The van der Waals surface area contributed by atoms with E-state index in [-0.39, 0.29) is 0 Å². The first-order chi connectivity index (χ1) is 7.83. The molecule has 88 valence electrons. The van der Waals surface area contributed by atoms with Crippen molar-refractivity contribution in [3.8, 4) is 0 Å². The summed E-state index contributed by atoms with van der Waals surface area (Å²) in [4.78, 5) is 0. The van der Waals surface area contributed by atoms with E-state index in [0.717, 1.165) is 17.9 Å². The Bertz CT molecular complexity index is 354. The highest BCUT2D eigenvalue weighted by Crippen LogP contribution is 2.39. The summed E-state index contributed by atoms with van der Waals surface area (Å²) in [5.41, 5.74) is 1.45. The highest BCUT2D eigenvalue weighted by atomic mass is 15.2. The molecule has 3 nitrogen and oxygen atoms in total. The molecule has 1 aromatic heterocycles. The molecule has 0 radical (unpaired) electrons. The maximum Gasteiger partial charge on any atom is 0.0524 e. The van der Waals surface area contributed by atoms with Gasteiger partial charge in [0, 0.05) is 19.3 Å². The largest absolute Gasteiger partial charge is 0.314 e. The van der Waals surface area contributed by atoms with E-state index in [1.54, 1.807) is 0 Å². The van der Waals surface area contributed by atoms with Crippen LogP contribution in [0.15, 0.2) is 12.4 Å². The second-order valence-electron chi connectivity index (χ2n) is 5.43. The van der Waals surface area contributed by atoms with Crippen molar-refractivity contribution in [2.45, 2.75) is 44.1 Å². The SMILES string of the molecule is Cn1cc(C2CCCC2CNC2CC2)cn1. The summed E-state index contributed by atoms with van der Waals surface area (Å²) in [6.07, 6.45) is 11.2. The van der Waals surface area contributed by atoms with Crippen LogP contribution >= 0.6 is 0 Å². The first kappa shape index (κ1) is 10.3. The quantitative estimate of drug-likeness (QED) is 0.840. The van der Waals surface area contributed by atoms with Crippen molar-refractivity contribution in [1.29, 1.82) is 0 Å². The number of nitrogens with zero attached hydrogens (tertiary/aromatic N) is 2. The van der Waals surface area contributed by atoms with Gasteiger partial charge in [0.2, 0.25) is 0 Å². The zero-order valence-corrected chi connectivity index (χ0v) is 10.0. The maximum absolute atomic E-state index is 4.30. The van der Waals surface area contributed by atoms with E-state index in [4.69, 9.17) is 0 Å². The Balaban J connectivity index is 1.63. The molecule has 1 aromatic rings. The predicted molar refractivity (Wildman–Crippen MR) is 64.3 cm³/mol. The van der Waals surface area contributed by atoms with Crippen molar-refractivity contribution in [2.75, 3.05) is 6.54 Å². The molecule has 0 saturated heterocycles. The molecular weight excluding hydrogens is 198 g/mol. The molecule has 0 aliphatic heterocycles. The van der Waals surface area contributed by atoms with Gasteiger partial charge in [-0.1, -0.05) is 6.42 Å². The maximum atomic E-state index is 4.30. The highest BCUT2D eigenvalue weighted by molar-refractivity contribution is 5.14. The lowest BCUT2D eigenvalue weighted by atomic mass is 9.91. The van der Waals surface area contributed by atoms with E-state index in [1.807, 2.05) is 11.7 Å². The van der Waals surface area contributed by atoms with E-state index in [9.17, 15) is 0 Å². The van der Waals surface area contributed by atoms with Crippen LogP contribution < -0.4 is 5.32 Å². The number of nitrogens with one attached hydrogen (secondary N) is 1. The Morgan fingerprint density at radius 3 is 2.94 bits per heavy atom. The lowest BCUT2D eigenvalue weighted by Gasteiger charge is -2.18. The number of hydrogen-bond acceptors (Lipinski definition) is 2. The van der Waals surface area contributed by atoms with Gasteiger partial charge >= 0.3 is 0 Å². The van der Waals surface area contributed by atoms with Gasteiger partial charge in [-0.05, 0) is 49.6 Å². The number of aryl methyl sites for hydroxylation is 1. The summed E-state index contributed by atoms with van der Waals surface area (Å²) >= 11 is 0. The molecule has 2 fully saturated rings. The van der Waals surface area contributed by atoms with Crippen LogP contribution in [0.4, 0.5) is 0 Å². The molecule has 2 saturated carbocycles. The van der Waals surface area contributed by atoms with Gasteiger partial charge in [0.1, 0.15) is 0 Å². The van der Waals surface area contributed by atoms with Gasteiger partial charge < -0.3 is 5.32 Å². The van der Waals surface area contributed by atoms with Gasteiger partial charge in [-0.25, -0.2) is 0 Å². The standard InChI is InChI=1S/C13H21N3/c1-16-9-11(8-15-16)13-4-2-3-10(13)7-14-12-5-6-12/h8-10,12-14H,2-7H2,1H3. The number of hydrogen-bond donors (Lipinski definition) is 1. The molecule has 16 heavy (non-hydrogen) atoms. The summed E-state index contributed by atoms with van der Waals surface area (Å²) in [5.74, 6) is 1.59. The zero-order chi connectivity index (χ0) is 11.0. The van der Waals surface area contributed by atoms with Crippen molar-refractivity contribution in [2.24, 2.45) is 13.0 Å². The second-order valence-corrected chi connectivity index (χ2v) is 5.43. The normalized spacial score (nSPS) is 29.8. The summed E-state index contributed by atoms with van der Waals surface area (Å²) in [6.45, 7) is 1.21. The van der Waals surface area contributed by atoms with E-state index in [2.05, 4.69) is 22.8 Å². The average Bonchev–Trinajstić information content (AvgIpc) is 2.82. The molecule has 2 atom stereocenters. The zero-order valence-electron chi connectivity index (χ0n) is 10.0. The first-order valence-electron chi connectivity index (χ1n) is 6.55. The van der Waals surface area contributed by atoms with Crippen molar-refractivity contribution < 1.29 is 0 Å². The fourth-order valence-corrected chi connectivity index (χ4v) is 2.96. The summed E-state index contributed by atoms with van der Waals surface area (Å²) in [7, 11) is 2.01. The fourth-order valence-electron chi connectivity index (χ4n) is 2.96. The number of rotatable bonds is 4. The van der Waals surface area contributed by atoms with Crippen molar-refractivity contribution in [3.05, 3.63) is 18.0 Å². The monoisotopic (exact) mass is 219 g/mol. The van der Waals surface area contributed by atoms with Gasteiger partial charge in [-0.15, -0.1) is 0 Å². The van der Waals surface area contributed by atoms with Crippen LogP contribution in [0.3, 0.4) is 0 Å². The van der Waals surface area contributed by atoms with E-state index >= 15 is 0 Å². The minimum absolute atomic E-state index is 0.750. The molecule has 0 bridgehead atoms. The molecule has 2 aliphatic rings. The van der Waals surface area contributed by atoms with Gasteiger partial charge in [-0.3, -0.25) is 4.68 Å². The lowest BCUT2D eigenvalue weighted by Crippen LogP contribution is -2.26. The van der Waals surface area contributed by atoms with E-state index in [0.29, 0.717) is 0 Å². The van der Waals surface area contributed by atoms with Crippen LogP contribution in [0.25, 0.3) is 0 Å². The van der Waals surface area contributed by atoms with Gasteiger partial charge in [-0.2, -0.15) is 5.10 Å². The molecule has 1 heterocycles. The Labute approximate surface area is 97.2 Å².